The Labute approximate surface area is 127 Å². The molecule has 1 heterocycles. The minimum Gasteiger partial charge on any atom is -0.496 e. The number of methoxy groups -OCH3 is 1. The predicted molar refractivity (Wildman–Crippen MR) is 86.0 cm³/mol. The molecule has 0 amide bonds. The van der Waals surface area contributed by atoms with Crippen molar-refractivity contribution in [2.75, 3.05) is 33.8 Å². The second-order valence-corrected chi connectivity index (χ2v) is 5.73. The molecule has 0 spiro atoms. The zero-order valence-electron chi connectivity index (χ0n) is 13.2. The smallest absolute Gasteiger partial charge is 0.130 e. The van der Waals surface area contributed by atoms with Crippen LogP contribution in [0.4, 0.5) is 0 Å². The number of piperazine rings is 1. The average molecular weight is 290 g/mol. The molecule has 1 aliphatic heterocycles. The van der Waals surface area contributed by atoms with Crippen LogP contribution in [0.15, 0.2) is 18.2 Å². The number of benzene rings is 1. The second kappa shape index (κ2) is 6.91. The van der Waals surface area contributed by atoms with Crippen LogP contribution in [-0.4, -0.2) is 55.5 Å². The van der Waals surface area contributed by atoms with Gasteiger partial charge in [-0.15, -0.1) is 0 Å². The summed E-state index contributed by atoms with van der Waals surface area (Å²) < 4.78 is 5.35. The molecule has 1 atom stereocenters. The van der Waals surface area contributed by atoms with Gasteiger partial charge in [0, 0.05) is 32.2 Å². The summed E-state index contributed by atoms with van der Waals surface area (Å²) in [4.78, 5) is 4.92. The minimum atomic E-state index is 0.0454. The number of likely N-dealkylation sites (N-methyl/N-ethyl adjacent to an activating group) is 1. The van der Waals surface area contributed by atoms with Crippen molar-refractivity contribution < 1.29 is 4.74 Å². The number of hydrogen-bond acceptors (Lipinski definition) is 4. The van der Waals surface area contributed by atoms with Gasteiger partial charge < -0.3 is 15.4 Å². The lowest BCUT2D eigenvalue weighted by atomic mass is 10.1. The van der Waals surface area contributed by atoms with Crippen LogP contribution < -0.4 is 10.5 Å². The fraction of sp³-hybridized carbons (Fsp3) is 0.562. The fourth-order valence-corrected chi connectivity index (χ4v) is 2.91. The molecule has 1 saturated heterocycles. The highest BCUT2D eigenvalue weighted by Crippen LogP contribution is 2.21. The summed E-state index contributed by atoms with van der Waals surface area (Å²) in [5.41, 5.74) is 7.43. The lowest BCUT2D eigenvalue weighted by molar-refractivity contribution is 0.0883. The van der Waals surface area contributed by atoms with E-state index in [0.29, 0.717) is 17.4 Å². The Bertz CT molecular complexity index is 503. The lowest BCUT2D eigenvalue weighted by Crippen LogP contribution is -2.50. The maximum absolute atomic E-state index is 7.56. The Kier molecular flexibility index (Phi) is 5.20. The Morgan fingerprint density at radius 3 is 2.81 bits per heavy atom. The Morgan fingerprint density at radius 1 is 1.43 bits per heavy atom. The van der Waals surface area contributed by atoms with Crippen molar-refractivity contribution in [2.45, 2.75) is 25.9 Å². The summed E-state index contributed by atoms with van der Waals surface area (Å²) in [6.45, 7) is 6.46. The maximum atomic E-state index is 7.56. The average Bonchev–Trinajstić information content (AvgIpc) is 2.48. The summed E-state index contributed by atoms with van der Waals surface area (Å²) in [5, 5.41) is 7.56. The summed E-state index contributed by atoms with van der Waals surface area (Å²) in [6, 6.07) is 6.55. The van der Waals surface area contributed by atoms with Crippen molar-refractivity contribution >= 4 is 5.84 Å². The normalized spacial score (nSPS) is 20.4. The zero-order chi connectivity index (χ0) is 15.4. The van der Waals surface area contributed by atoms with Gasteiger partial charge in [0.05, 0.1) is 12.7 Å². The van der Waals surface area contributed by atoms with Gasteiger partial charge in [0.1, 0.15) is 11.6 Å². The van der Waals surface area contributed by atoms with E-state index in [1.807, 2.05) is 18.2 Å². The molecule has 21 heavy (non-hydrogen) atoms. The van der Waals surface area contributed by atoms with E-state index in [9.17, 15) is 0 Å². The molecule has 1 aliphatic rings. The largest absolute Gasteiger partial charge is 0.496 e. The molecule has 0 bridgehead atoms. The minimum absolute atomic E-state index is 0.0454. The van der Waals surface area contributed by atoms with Crippen molar-refractivity contribution in [1.82, 2.24) is 9.80 Å². The predicted octanol–water partition coefficient (Wildman–Crippen LogP) is 1.51. The van der Waals surface area contributed by atoms with Gasteiger partial charge in [-0.3, -0.25) is 10.3 Å². The molecule has 0 saturated carbocycles. The van der Waals surface area contributed by atoms with E-state index in [1.165, 1.54) is 12.0 Å². The Morgan fingerprint density at radius 2 is 2.19 bits per heavy atom. The molecule has 1 unspecified atom stereocenters. The highest BCUT2D eigenvalue weighted by atomic mass is 16.5. The van der Waals surface area contributed by atoms with Crippen molar-refractivity contribution in [3.63, 3.8) is 0 Å². The summed E-state index contributed by atoms with van der Waals surface area (Å²) in [7, 11) is 3.82. The Hall–Kier alpha value is -1.59. The van der Waals surface area contributed by atoms with Crippen molar-refractivity contribution in [3.05, 3.63) is 29.3 Å². The van der Waals surface area contributed by atoms with E-state index < -0.39 is 0 Å². The number of nitrogens with zero attached hydrogens (tertiary/aromatic N) is 2. The summed E-state index contributed by atoms with van der Waals surface area (Å²) in [5.74, 6) is 0.727. The molecular formula is C16H26N4O. The molecule has 0 aromatic heterocycles. The van der Waals surface area contributed by atoms with Gasteiger partial charge >= 0.3 is 0 Å². The number of hydrogen-bond donors (Lipinski definition) is 2. The van der Waals surface area contributed by atoms with Crippen LogP contribution in [0.3, 0.4) is 0 Å². The second-order valence-electron chi connectivity index (χ2n) is 5.73. The van der Waals surface area contributed by atoms with Crippen LogP contribution in [0, 0.1) is 5.41 Å². The first-order valence-corrected chi connectivity index (χ1v) is 7.49. The van der Waals surface area contributed by atoms with Gasteiger partial charge in [-0.1, -0.05) is 13.0 Å². The van der Waals surface area contributed by atoms with Gasteiger partial charge in [0.2, 0.25) is 0 Å². The van der Waals surface area contributed by atoms with Crippen molar-refractivity contribution in [1.29, 1.82) is 5.41 Å². The molecule has 0 aliphatic carbocycles. The molecule has 1 aromatic rings. The van der Waals surface area contributed by atoms with Crippen LogP contribution in [0.25, 0.3) is 0 Å². The van der Waals surface area contributed by atoms with Gasteiger partial charge in [-0.2, -0.15) is 0 Å². The molecule has 5 nitrogen and oxygen atoms in total. The van der Waals surface area contributed by atoms with Crippen LogP contribution in [0.2, 0.25) is 0 Å². The first kappa shape index (κ1) is 15.8. The van der Waals surface area contributed by atoms with Crippen LogP contribution >= 0.6 is 0 Å². The maximum Gasteiger partial charge on any atom is 0.130 e. The summed E-state index contributed by atoms with van der Waals surface area (Å²) in [6.07, 6.45) is 1.18. The third-order valence-electron chi connectivity index (χ3n) is 4.29. The summed E-state index contributed by atoms with van der Waals surface area (Å²) >= 11 is 0. The third kappa shape index (κ3) is 3.74. The van der Waals surface area contributed by atoms with E-state index in [4.69, 9.17) is 15.9 Å². The topological polar surface area (TPSA) is 65.6 Å². The number of rotatable bonds is 5. The van der Waals surface area contributed by atoms with Gasteiger partial charge in [0.15, 0.2) is 0 Å². The molecular weight excluding hydrogens is 264 g/mol. The molecule has 116 valence electrons. The molecule has 1 fully saturated rings. The van der Waals surface area contributed by atoms with E-state index in [2.05, 4.69) is 23.8 Å². The molecule has 1 aromatic carbocycles. The van der Waals surface area contributed by atoms with E-state index in [1.54, 1.807) is 7.11 Å². The number of ether oxygens (including phenoxy) is 1. The monoisotopic (exact) mass is 290 g/mol. The first-order chi connectivity index (χ1) is 10.0. The SMILES string of the molecule is CCC1CN(Cc2ccc(C(=N)N)c(OC)c2)CCN1C. The zero-order valence-corrected chi connectivity index (χ0v) is 13.2. The highest BCUT2D eigenvalue weighted by molar-refractivity contribution is 5.97. The quantitative estimate of drug-likeness (QED) is 0.637. The number of nitrogen functional groups attached to an aromatic ring is 1. The van der Waals surface area contributed by atoms with E-state index in [-0.39, 0.29) is 5.84 Å². The number of nitrogens with two attached hydrogens (primary N) is 1. The molecule has 3 N–H and O–H groups in total. The highest BCUT2D eigenvalue weighted by Gasteiger charge is 2.22. The van der Waals surface area contributed by atoms with Gasteiger partial charge in [0.25, 0.3) is 0 Å². The van der Waals surface area contributed by atoms with Crippen LogP contribution in [-0.2, 0) is 6.54 Å². The number of nitrogens with one attached hydrogen (secondary N) is 1. The standard InChI is InChI=1S/C16H26N4O/c1-4-13-11-20(8-7-19(13)2)10-12-5-6-14(16(17)18)15(9-12)21-3/h5-6,9,13H,4,7-8,10-11H2,1-3H3,(H3,17,18). The Balaban J connectivity index is 2.08. The van der Waals surface area contributed by atoms with Gasteiger partial charge in [-0.25, -0.2) is 0 Å². The molecule has 0 radical (unpaired) electrons. The fourth-order valence-electron chi connectivity index (χ4n) is 2.91. The van der Waals surface area contributed by atoms with E-state index in [0.717, 1.165) is 26.2 Å². The lowest BCUT2D eigenvalue weighted by Gasteiger charge is -2.39. The van der Waals surface area contributed by atoms with Crippen LogP contribution in [0.5, 0.6) is 5.75 Å². The first-order valence-electron chi connectivity index (χ1n) is 7.49. The van der Waals surface area contributed by atoms with E-state index >= 15 is 0 Å². The van der Waals surface area contributed by atoms with Crippen LogP contribution in [0.1, 0.15) is 24.5 Å². The molecule has 2 rings (SSSR count). The number of amidine groups is 1. The third-order valence-corrected chi connectivity index (χ3v) is 4.29. The van der Waals surface area contributed by atoms with Crippen molar-refractivity contribution in [2.24, 2.45) is 5.73 Å². The van der Waals surface area contributed by atoms with Crippen molar-refractivity contribution in [3.8, 4) is 5.75 Å². The molecule has 5 heteroatoms. The van der Waals surface area contributed by atoms with Gasteiger partial charge in [-0.05, 0) is 31.2 Å².